The van der Waals surface area contributed by atoms with Crippen LogP contribution in [-0.2, 0) is 0 Å². The Morgan fingerprint density at radius 2 is 1.80 bits per heavy atom. The Hall–Kier alpha value is -2.57. The van der Waals surface area contributed by atoms with E-state index >= 15 is 0 Å². The lowest BCUT2D eigenvalue weighted by molar-refractivity contribution is 0.102. The SMILES string of the molecule is COc1ccc(C(=O)Nc2nc(-c3ccc(Cl)cc3)cs2)cc1OC. The summed E-state index contributed by atoms with van der Waals surface area (Å²) in [7, 11) is 3.07. The Morgan fingerprint density at radius 3 is 2.48 bits per heavy atom. The van der Waals surface area contributed by atoms with Crippen molar-refractivity contribution in [1.29, 1.82) is 0 Å². The lowest BCUT2D eigenvalue weighted by atomic mass is 10.2. The van der Waals surface area contributed by atoms with Gasteiger partial charge in [0.1, 0.15) is 0 Å². The molecule has 0 unspecified atom stereocenters. The first kappa shape index (κ1) is 17.3. The molecule has 5 nitrogen and oxygen atoms in total. The maximum absolute atomic E-state index is 12.4. The van der Waals surface area contributed by atoms with Crippen LogP contribution in [0, 0.1) is 0 Å². The third kappa shape index (κ3) is 3.92. The highest BCUT2D eigenvalue weighted by molar-refractivity contribution is 7.14. The van der Waals surface area contributed by atoms with Gasteiger partial charge in [0.2, 0.25) is 0 Å². The zero-order valence-corrected chi connectivity index (χ0v) is 15.1. The van der Waals surface area contributed by atoms with Crippen LogP contribution in [0.1, 0.15) is 10.4 Å². The highest BCUT2D eigenvalue weighted by Crippen LogP contribution is 2.29. The van der Waals surface area contributed by atoms with Crippen LogP contribution < -0.4 is 14.8 Å². The third-order valence-electron chi connectivity index (χ3n) is 3.51. The van der Waals surface area contributed by atoms with Gasteiger partial charge in [-0.2, -0.15) is 0 Å². The lowest BCUT2D eigenvalue weighted by Crippen LogP contribution is -2.11. The molecular formula is C18H15ClN2O3S. The highest BCUT2D eigenvalue weighted by Gasteiger charge is 2.13. The molecule has 1 heterocycles. The van der Waals surface area contributed by atoms with Crippen molar-refractivity contribution in [3.8, 4) is 22.8 Å². The smallest absolute Gasteiger partial charge is 0.257 e. The standard InChI is InChI=1S/C18H15ClN2O3S/c1-23-15-8-5-12(9-16(15)24-2)17(22)21-18-20-14(10-25-18)11-3-6-13(19)7-4-11/h3-10H,1-2H3,(H,20,21,22). The van der Waals surface area contributed by atoms with Gasteiger partial charge < -0.3 is 9.47 Å². The van der Waals surface area contributed by atoms with Crippen molar-refractivity contribution in [3.05, 3.63) is 58.4 Å². The van der Waals surface area contributed by atoms with Gasteiger partial charge in [-0.15, -0.1) is 11.3 Å². The number of rotatable bonds is 5. The van der Waals surface area contributed by atoms with Crippen LogP contribution in [-0.4, -0.2) is 25.1 Å². The van der Waals surface area contributed by atoms with Crippen molar-refractivity contribution >= 4 is 34.0 Å². The van der Waals surface area contributed by atoms with Gasteiger partial charge in [-0.3, -0.25) is 10.1 Å². The molecule has 0 saturated heterocycles. The first-order valence-corrected chi connectivity index (χ1v) is 8.61. The van der Waals surface area contributed by atoms with Crippen LogP contribution in [0.4, 0.5) is 5.13 Å². The predicted molar refractivity (Wildman–Crippen MR) is 100 cm³/mol. The molecule has 3 aromatic rings. The van der Waals surface area contributed by atoms with Crippen LogP contribution in [0.3, 0.4) is 0 Å². The summed E-state index contributed by atoms with van der Waals surface area (Å²) < 4.78 is 10.4. The number of halogens is 1. The molecule has 0 fully saturated rings. The van der Waals surface area contributed by atoms with E-state index in [0.29, 0.717) is 27.2 Å². The number of hydrogen-bond donors (Lipinski definition) is 1. The number of carbonyl (C=O) groups excluding carboxylic acids is 1. The number of carbonyl (C=O) groups is 1. The van der Waals surface area contributed by atoms with Crippen LogP contribution in [0.15, 0.2) is 47.8 Å². The molecule has 0 saturated carbocycles. The van der Waals surface area contributed by atoms with E-state index in [2.05, 4.69) is 10.3 Å². The molecule has 25 heavy (non-hydrogen) atoms. The molecule has 0 bridgehead atoms. The minimum Gasteiger partial charge on any atom is -0.493 e. The zero-order valence-electron chi connectivity index (χ0n) is 13.6. The molecule has 128 valence electrons. The van der Waals surface area contributed by atoms with E-state index in [0.717, 1.165) is 11.3 Å². The molecule has 1 N–H and O–H groups in total. The van der Waals surface area contributed by atoms with Gasteiger partial charge in [-0.25, -0.2) is 4.98 Å². The summed E-state index contributed by atoms with van der Waals surface area (Å²) in [6, 6.07) is 12.4. The van der Waals surface area contributed by atoms with Crippen molar-refractivity contribution in [1.82, 2.24) is 4.98 Å². The number of benzene rings is 2. The van der Waals surface area contributed by atoms with E-state index < -0.39 is 0 Å². The average Bonchev–Trinajstić information content (AvgIpc) is 3.10. The Bertz CT molecular complexity index is 894. The summed E-state index contributed by atoms with van der Waals surface area (Å²) in [6.45, 7) is 0. The highest BCUT2D eigenvalue weighted by atomic mass is 35.5. The summed E-state index contributed by atoms with van der Waals surface area (Å²) in [5, 5.41) is 5.86. The molecule has 3 rings (SSSR count). The summed E-state index contributed by atoms with van der Waals surface area (Å²) in [5.41, 5.74) is 2.18. The lowest BCUT2D eigenvalue weighted by Gasteiger charge is -2.09. The normalized spacial score (nSPS) is 10.4. The third-order valence-corrected chi connectivity index (χ3v) is 4.52. The molecule has 2 aromatic carbocycles. The second kappa shape index (κ2) is 7.55. The van der Waals surface area contributed by atoms with Gasteiger partial charge in [0, 0.05) is 21.5 Å². The number of nitrogens with zero attached hydrogens (tertiary/aromatic N) is 1. The summed E-state index contributed by atoms with van der Waals surface area (Å²) in [4.78, 5) is 16.9. The van der Waals surface area contributed by atoms with Crippen LogP contribution in [0.5, 0.6) is 11.5 Å². The number of hydrogen-bond acceptors (Lipinski definition) is 5. The quantitative estimate of drug-likeness (QED) is 0.701. The number of aromatic nitrogens is 1. The minimum absolute atomic E-state index is 0.266. The number of thiazole rings is 1. The molecule has 0 spiro atoms. The van der Waals surface area contributed by atoms with E-state index in [1.165, 1.54) is 18.4 Å². The molecule has 0 atom stereocenters. The first-order valence-electron chi connectivity index (χ1n) is 7.35. The van der Waals surface area contributed by atoms with E-state index in [-0.39, 0.29) is 5.91 Å². The predicted octanol–water partition coefficient (Wildman–Crippen LogP) is 4.73. The molecule has 7 heteroatoms. The number of anilines is 1. The number of methoxy groups -OCH3 is 2. The van der Waals surface area contributed by atoms with Crippen LogP contribution >= 0.6 is 22.9 Å². The molecule has 1 amide bonds. The van der Waals surface area contributed by atoms with Crippen LogP contribution in [0.2, 0.25) is 5.02 Å². The molecule has 1 aromatic heterocycles. The van der Waals surface area contributed by atoms with Crippen molar-refractivity contribution < 1.29 is 14.3 Å². The van der Waals surface area contributed by atoms with Crippen molar-refractivity contribution in [2.75, 3.05) is 19.5 Å². The van der Waals surface area contributed by atoms with Gasteiger partial charge in [-0.05, 0) is 30.3 Å². The fraction of sp³-hybridized carbons (Fsp3) is 0.111. The van der Waals surface area contributed by atoms with Crippen molar-refractivity contribution in [3.63, 3.8) is 0 Å². The van der Waals surface area contributed by atoms with Gasteiger partial charge in [0.15, 0.2) is 16.6 Å². The van der Waals surface area contributed by atoms with Crippen molar-refractivity contribution in [2.45, 2.75) is 0 Å². The average molecular weight is 375 g/mol. The Labute approximate surface area is 154 Å². The second-order valence-corrected chi connectivity index (χ2v) is 6.36. The fourth-order valence-corrected chi connectivity index (χ4v) is 3.07. The Morgan fingerprint density at radius 1 is 1.08 bits per heavy atom. The number of ether oxygens (including phenoxy) is 2. The van der Waals surface area contributed by atoms with Crippen LogP contribution in [0.25, 0.3) is 11.3 Å². The molecule has 0 radical (unpaired) electrons. The molecule has 0 aliphatic rings. The maximum Gasteiger partial charge on any atom is 0.257 e. The van der Waals surface area contributed by atoms with Gasteiger partial charge in [-0.1, -0.05) is 23.7 Å². The fourth-order valence-electron chi connectivity index (χ4n) is 2.23. The summed E-state index contributed by atoms with van der Waals surface area (Å²) in [5.74, 6) is 0.799. The number of nitrogens with one attached hydrogen (secondary N) is 1. The minimum atomic E-state index is -0.266. The Kier molecular flexibility index (Phi) is 5.21. The zero-order chi connectivity index (χ0) is 17.8. The largest absolute Gasteiger partial charge is 0.493 e. The van der Waals surface area contributed by atoms with Gasteiger partial charge in [0.05, 0.1) is 19.9 Å². The number of amides is 1. The monoisotopic (exact) mass is 374 g/mol. The second-order valence-electron chi connectivity index (χ2n) is 5.07. The van der Waals surface area contributed by atoms with E-state index in [1.807, 2.05) is 17.5 Å². The summed E-state index contributed by atoms with van der Waals surface area (Å²) >= 11 is 7.25. The Balaban J connectivity index is 1.76. The molecular weight excluding hydrogens is 360 g/mol. The van der Waals surface area contributed by atoms with E-state index in [9.17, 15) is 4.79 Å². The van der Waals surface area contributed by atoms with Crippen molar-refractivity contribution in [2.24, 2.45) is 0 Å². The van der Waals surface area contributed by atoms with Gasteiger partial charge >= 0.3 is 0 Å². The summed E-state index contributed by atoms with van der Waals surface area (Å²) in [6.07, 6.45) is 0. The topological polar surface area (TPSA) is 60.5 Å². The maximum atomic E-state index is 12.4. The van der Waals surface area contributed by atoms with Gasteiger partial charge in [0.25, 0.3) is 5.91 Å². The van der Waals surface area contributed by atoms with E-state index in [4.69, 9.17) is 21.1 Å². The molecule has 0 aliphatic carbocycles. The van der Waals surface area contributed by atoms with E-state index in [1.54, 1.807) is 37.4 Å². The molecule has 0 aliphatic heterocycles. The first-order chi connectivity index (χ1) is 12.1.